The molecule has 2 N–H and O–H groups in total. The Morgan fingerprint density at radius 1 is 0.906 bits per heavy atom. The van der Waals surface area contributed by atoms with Gasteiger partial charge < -0.3 is 10.6 Å². The molecule has 4 rings (SSSR count). The van der Waals surface area contributed by atoms with Crippen LogP contribution in [0.25, 0.3) is 0 Å². The van der Waals surface area contributed by atoms with Gasteiger partial charge in [-0.2, -0.15) is 4.48 Å². The van der Waals surface area contributed by atoms with Gasteiger partial charge in [-0.25, -0.2) is 0 Å². The lowest BCUT2D eigenvalue weighted by Crippen LogP contribution is -2.27. The van der Waals surface area contributed by atoms with Crippen LogP contribution in [-0.2, 0) is 17.9 Å². The molecule has 2 aromatic carbocycles. The first-order valence-electron chi connectivity index (χ1n) is 11.0. The van der Waals surface area contributed by atoms with Crippen molar-refractivity contribution in [2.45, 2.75) is 26.9 Å². The molecule has 32 heavy (non-hydrogen) atoms. The van der Waals surface area contributed by atoms with E-state index in [1.165, 1.54) is 5.56 Å². The molecule has 0 fully saturated rings. The maximum Gasteiger partial charge on any atom is 0.311 e. The lowest BCUT2D eigenvalue weighted by Gasteiger charge is -2.20. The van der Waals surface area contributed by atoms with Gasteiger partial charge in [0.1, 0.15) is 6.20 Å². The van der Waals surface area contributed by atoms with Crippen LogP contribution in [0.1, 0.15) is 35.3 Å². The summed E-state index contributed by atoms with van der Waals surface area (Å²) in [4.78, 5) is 27.8. The second kappa shape index (κ2) is 9.34. The summed E-state index contributed by atoms with van der Waals surface area (Å²) in [5.74, 6) is -0.348. The van der Waals surface area contributed by atoms with Gasteiger partial charge in [-0.1, -0.05) is 44.2 Å². The van der Waals surface area contributed by atoms with E-state index in [9.17, 15) is 9.59 Å². The van der Waals surface area contributed by atoms with Crippen LogP contribution < -0.4 is 10.6 Å². The standard InChI is InChI=1S/C26H28N4O2/c1-3-29(4-2)19-22-10-6-5-9-21(22)18-27-25(31)20-11-7-12-23(17-20)28-26(32)24-13-8-14-30(24)15-16-30/h5-17H,3-4,18-19H2,1-2H3,(H-,27,28,31,32)/p+1. The number of hydrogen-bond acceptors (Lipinski definition) is 3. The summed E-state index contributed by atoms with van der Waals surface area (Å²) < 4.78 is 0.388. The minimum atomic E-state index is -0.178. The van der Waals surface area contributed by atoms with Gasteiger partial charge >= 0.3 is 5.91 Å². The normalized spacial score (nSPS) is 15.2. The minimum Gasteiger partial charge on any atom is -0.348 e. The van der Waals surface area contributed by atoms with Crippen LogP contribution in [0.2, 0.25) is 0 Å². The Kier molecular flexibility index (Phi) is 6.35. The Bertz CT molecular complexity index is 1110. The minimum absolute atomic E-state index is 0.170. The van der Waals surface area contributed by atoms with Crippen molar-refractivity contribution in [2.24, 2.45) is 0 Å². The van der Waals surface area contributed by atoms with Crippen molar-refractivity contribution in [1.29, 1.82) is 0 Å². The molecule has 164 valence electrons. The van der Waals surface area contributed by atoms with Gasteiger partial charge in [0.05, 0.1) is 0 Å². The smallest absolute Gasteiger partial charge is 0.311 e. The number of nitrogens with one attached hydrogen (secondary N) is 2. The number of allylic oxidation sites excluding steroid dienone is 2. The lowest BCUT2D eigenvalue weighted by molar-refractivity contribution is -0.654. The molecule has 2 aromatic rings. The SMILES string of the molecule is CCN(CC)Cc1ccccc1CNC(=O)c1cccc(NC(=O)C2=CC=C[N+]23C=C3)c1. The van der Waals surface area contributed by atoms with E-state index in [1.807, 2.05) is 42.9 Å². The van der Waals surface area contributed by atoms with Crippen LogP contribution in [0.3, 0.4) is 0 Å². The highest BCUT2D eigenvalue weighted by atomic mass is 16.2. The molecular formula is C26H29N4O2+. The number of anilines is 1. The topological polar surface area (TPSA) is 61.4 Å². The zero-order valence-corrected chi connectivity index (χ0v) is 18.5. The highest BCUT2D eigenvalue weighted by molar-refractivity contribution is 6.04. The second-order valence-corrected chi connectivity index (χ2v) is 7.97. The number of amides is 2. The van der Waals surface area contributed by atoms with Crippen molar-refractivity contribution in [1.82, 2.24) is 10.2 Å². The molecular weight excluding hydrogens is 400 g/mol. The van der Waals surface area contributed by atoms with Crippen molar-refractivity contribution >= 4 is 17.5 Å². The number of carbonyl (C=O) groups excluding carboxylic acids is 2. The average Bonchev–Trinajstić information content (AvgIpc) is 3.46. The zero-order valence-electron chi connectivity index (χ0n) is 18.5. The van der Waals surface area contributed by atoms with Crippen molar-refractivity contribution in [3.63, 3.8) is 0 Å². The van der Waals surface area contributed by atoms with Gasteiger partial charge in [-0.05, 0) is 48.5 Å². The Hall–Kier alpha value is -3.48. The van der Waals surface area contributed by atoms with Crippen LogP contribution >= 0.6 is 0 Å². The number of rotatable bonds is 9. The molecule has 6 nitrogen and oxygen atoms in total. The Morgan fingerprint density at radius 2 is 1.66 bits per heavy atom. The maximum absolute atomic E-state index is 12.8. The molecule has 2 aliphatic heterocycles. The third-order valence-electron chi connectivity index (χ3n) is 5.94. The molecule has 0 radical (unpaired) electrons. The molecule has 2 amide bonds. The molecule has 6 heteroatoms. The van der Waals surface area contributed by atoms with Gasteiger partial charge in [-0.15, -0.1) is 0 Å². The van der Waals surface area contributed by atoms with E-state index in [-0.39, 0.29) is 11.8 Å². The fourth-order valence-electron chi connectivity index (χ4n) is 3.85. The summed E-state index contributed by atoms with van der Waals surface area (Å²) in [6, 6.07) is 15.2. The Labute approximate surface area is 189 Å². The van der Waals surface area contributed by atoms with E-state index in [0.717, 1.165) is 25.2 Å². The van der Waals surface area contributed by atoms with Gasteiger partial charge in [0.2, 0.25) is 5.70 Å². The summed E-state index contributed by atoms with van der Waals surface area (Å²) in [7, 11) is 0. The molecule has 0 bridgehead atoms. The summed E-state index contributed by atoms with van der Waals surface area (Å²) in [5.41, 5.74) is 4.08. The predicted octanol–water partition coefficient (Wildman–Crippen LogP) is 4.11. The molecule has 0 saturated heterocycles. The van der Waals surface area contributed by atoms with Gasteiger partial charge in [-0.3, -0.25) is 14.5 Å². The van der Waals surface area contributed by atoms with Gasteiger partial charge in [0.25, 0.3) is 5.91 Å². The predicted molar refractivity (Wildman–Crippen MR) is 126 cm³/mol. The largest absolute Gasteiger partial charge is 0.348 e. The maximum atomic E-state index is 12.8. The first kappa shape index (κ1) is 21.7. The summed E-state index contributed by atoms with van der Waals surface area (Å²) >= 11 is 0. The summed E-state index contributed by atoms with van der Waals surface area (Å²) in [5, 5.41) is 5.92. The first-order chi connectivity index (χ1) is 15.5. The molecule has 2 heterocycles. The second-order valence-electron chi connectivity index (χ2n) is 7.97. The highest BCUT2D eigenvalue weighted by Crippen LogP contribution is 2.36. The summed E-state index contributed by atoms with van der Waals surface area (Å²) in [6.07, 6.45) is 9.50. The number of hydrogen-bond donors (Lipinski definition) is 2. The number of benzene rings is 2. The molecule has 0 saturated carbocycles. The van der Waals surface area contributed by atoms with Crippen molar-refractivity contribution in [2.75, 3.05) is 18.4 Å². The van der Waals surface area contributed by atoms with Crippen molar-refractivity contribution in [3.05, 3.63) is 102 Å². The van der Waals surface area contributed by atoms with E-state index in [1.54, 1.807) is 24.3 Å². The molecule has 0 atom stereocenters. The zero-order chi connectivity index (χ0) is 22.6. The van der Waals surface area contributed by atoms with Crippen LogP contribution in [0, 0.1) is 0 Å². The third-order valence-corrected chi connectivity index (χ3v) is 5.94. The number of quaternary nitrogens is 1. The van der Waals surface area contributed by atoms with Crippen LogP contribution in [0.15, 0.2) is 85.0 Å². The number of nitrogens with zero attached hydrogens (tertiary/aromatic N) is 2. The monoisotopic (exact) mass is 429 g/mol. The highest BCUT2D eigenvalue weighted by Gasteiger charge is 2.44. The van der Waals surface area contributed by atoms with E-state index in [0.29, 0.717) is 28.0 Å². The van der Waals surface area contributed by atoms with Crippen molar-refractivity contribution < 1.29 is 14.1 Å². The Morgan fingerprint density at radius 3 is 2.38 bits per heavy atom. The average molecular weight is 430 g/mol. The molecule has 1 spiro atoms. The molecule has 0 aliphatic carbocycles. The van der Waals surface area contributed by atoms with Crippen LogP contribution in [0.4, 0.5) is 5.69 Å². The van der Waals surface area contributed by atoms with Gasteiger partial charge in [0.15, 0.2) is 12.4 Å². The molecule has 2 aliphatic rings. The fourth-order valence-corrected chi connectivity index (χ4v) is 3.85. The first-order valence-corrected chi connectivity index (χ1v) is 11.0. The van der Waals surface area contributed by atoms with E-state index >= 15 is 0 Å². The number of carbonyl (C=O) groups is 2. The van der Waals surface area contributed by atoms with E-state index < -0.39 is 0 Å². The van der Waals surface area contributed by atoms with Gasteiger partial charge in [0, 0.05) is 30.4 Å². The Balaban J connectivity index is 1.38. The lowest BCUT2D eigenvalue weighted by atomic mass is 10.1. The fraction of sp³-hybridized carbons (Fsp3) is 0.231. The van der Waals surface area contributed by atoms with Crippen LogP contribution in [-0.4, -0.2) is 34.3 Å². The molecule has 0 aromatic heterocycles. The van der Waals surface area contributed by atoms with Crippen LogP contribution in [0.5, 0.6) is 0 Å². The quantitative estimate of drug-likeness (QED) is 0.590. The van der Waals surface area contributed by atoms with E-state index in [2.05, 4.69) is 41.5 Å². The van der Waals surface area contributed by atoms with E-state index in [4.69, 9.17) is 0 Å². The van der Waals surface area contributed by atoms with Crippen molar-refractivity contribution in [3.8, 4) is 0 Å². The molecule has 0 unspecified atom stereocenters. The third kappa shape index (κ3) is 4.72. The summed E-state index contributed by atoms with van der Waals surface area (Å²) in [6.45, 7) is 7.59.